The third kappa shape index (κ3) is 6.23. The number of Topliss-reactive ketones (excluding diaryl/α,β-unsaturated/α-hetero) is 1. The Kier molecular flexibility index (Phi) is 7.43. The van der Waals surface area contributed by atoms with Crippen molar-refractivity contribution >= 4 is 5.78 Å². The summed E-state index contributed by atoms with van der Waals surface area (Å²) < 4.78 is 5.33. The fraction of sp³-hybridized carbons (Fsp3) is 0.923. The fourth-order valence-corrected chi connectivity index (χ4v) is 2.05. The molecule has 16 heavy (non-hydrogen) atoms. The average Bonchev–Trinajstić information content (AvgIpc) is 2.30. The Bertz CT molecular complexity index is 188. The van der Waals surface area contributed by atoms with Gasteiger partial charge in [-0.05, 0) is 6.42 Å². The topological polar surface area (TPSA) is 38.3 Å². The molecule has 1 aliphatic heterocycles. The van der Waals surface area contributed by atoms with Crippen LogP contribution in [0.15, 0.2) is 0 Å². The Balaban J connectivity index is 1.97. The lowest BCUT2D eigenvalue weighted by molar-refractivity contribution is -0.120. The van der Waals surface area contributed by atoms with Crippen molar-refractivity contribution in [1.29, 1.82) is 0 Å². The first kappa shape index (κ1) is 13.7. The van der Waals surface area contributed by atoms with Gasteiger partial charge in [0.15, 0.2) is 0 Å². The van der Waals surface area contributed by atoms with E-state index in [1.54, 1.807) is 0 Å². The maximum Gasteiger partial charge on any atom is 0.134 e. The van der Waals surface area contributed by atoms with Gasteiger partial charge in [0.1, 0.15) is 5.78 Å². The minimum atomic E-state index is 0.261. The summed E-state index contributed by atoms with van der Waals surface area (Å²) >= 11 is 0. The molecule has 94 valence electrons. The molecule has 0 aromatic rings. The van der Waals surface area contributed by atoms with Gasteiger partial charge in [-0.3, -0.25) is 4.79 Å². The predicted molar refractivity (Wildman–Crippen MR) is 65.6 cm³/mol. The normalized spacial score (nSPS) is 20.9. The van der Waals surface area contributed by atoms with Crippen molar-refractivity contribution in [3.8, 4) is 0 Å². The Labute approximate surface area is 98.9 Å². The molecule has 1 saturated heterocycles. The molecular weight excluding hydrogens is 202 g/mol. The van der Waals surface area contributed by atoms with Crippen molar-refractivity contribution in [3.63, 3.8) is 0 Å². The molecule has 0 aromatic carbocycles. The highest BCUT2D eigenvalue weighted by Gasteiger charge is 2.16. The lowest BCUT2D eigenvalue weighted by Gasteiger charge is -2.23. The van der Waals surface area contributed by atoms with Crippen LogP contribution in [0, 0.1) is 0 Å². The van der Waals surface area contributed by atoms with Crippen LogP contribution in [0.5, 0.6) is 0 Å². The van der Waals surface area contributed by atoms with Gasteiger partial charge in [0.2, 0.25) is 0 Å². The summed E-state index contributed by atoms with van der Waals surface area (Å²) in [5.74, 6) is 0.388. The molecule has 0 aromatic heterocycles. The molecule has 0 radical (unpaired) electrons. The van der Waals surface area contributed by atoms with Crippen LogP contribution in [0.4, 0.5) is 0 Å². The molecule has 1 N–H and O–H groups in total. The van der Waals surface area contributed by atoms with E-state index in [0.29, 0.717) is 18.8 Å². The fourth-order valence-electron chi connectivity index (χ4n) is 2.05. The number of carbonyl (C=O) groups excluding carboxylic acids is 1. The molecule has 0 spiro atoms. The first-order valence-electron chi connectivity index (χ1n) is 6.65. The zero-order valence-corrected chi connectivity index (χ0v) is 10.5. The van der Waals surface area contributed by atoms with E-state index in [9.17, 15) is 4.79 Å². The molecule has 0 saturated carbocycles. The van der Waals surface area contributed by atoms with E-state index in [1.165, 1.54) is 25.7 Å². The van der Waals surface area contributed by atoms with Crippen molar-refractivity contribution in [1.82, 2.24) is 5.32 Å². The molecule has 1 atom stereocenters. The van der Waals surface area contributed by atoms with E-state index >= 15 is 0 Å². The third-order valence-corrected chi connectivity index (χ3v) is 3.03. The van der Waals surface area contributed by atoms with Crippen molar-refractivity contribution in [2.24, 2.45) is 0 Å². The first-order chi connectivity index (χ1) is 7.83. The van der Waals surface area contributed by atoms with Gasteiger partial charge < -0.3 is 10.1 Å². The summed E-state index contributed by atoms with van der Waals surface area (Å²) in [7, 11) is 0. The lowest BCUT2D eigenvalue weighted by Crippen LogP contribution is -2.42. The zero-order valence-electron chi connectivity index (χ0n) is 10.5. The summed E-state index contributed by atoms with van der Waals surface area (Å²) in [4.78, 5) is 11.6. The Morgan fingerprint density at radius 1 is 1.31 bits per heavy atom. The van der Waals surface area contributed by atoms with Crippen LogP contribution in [0.3, 0.4) is 0 Å². The van der Waals surface area contributed by atoms with Crippen molar-refractivity contribution in [2.45, 2.75) is 57.9 Å². The van der Waals surface area contributed by atoms with Gasteiger partial charge in [0.25, 0.3) is 0 Å². The maximum atomic E-state index is 11.6. The molecule has 3 heteroatoms. The molecule has 1 unspecified atom stereocenters. The van der Waals surface area contributed by atoms with Crippen molar-refractivity contribution < 1.29 is 9.53 Å². The summed E-state index contributed by atoms with van der Waals surface area (Å²) in [6, 6.07) is 0.261. The largest absolute Gasteiger partial charge is 0.379 e. The van der Waals surface area contributed by atoms with Crippen molar-refractivity contribution in [2.75, 3.05) is 19.8 Å². The highest BCUT2D eigenvalue weighted by atomic mass is 16.5. The van der Waals surface area contributed by atoms with Crippen molar-refractivity contribution in [3.05, 3.63) is 0 Å². The monoisotopic (exact) mass is 227 g/mol. The number of hydrogen-bond donors (Lipinski definition) is 1. The van der Waals surface area contributed by atoms with Crippen LogP contribution in [-0.4, -0.2) is 31.6 Å². The minimum Gasteiger partial charge on any atom is -0.379 e. The van der Waals surface area contributed by atoms with Gasteiger partial charge in [-0.1, -0.05) is 32.6 Å². The number of unbranched alkanes of at least 4 members (excludes halogenated alkanes) is 4. The van der Waals surface area contributed by atoms with E-state index in [2.05, 4.69) is 12.2 Å². The van der Waals surface area contributed by atoms with Crippen LogP contribution in [-0.2, 0) is 9.53 Å². The van der Waals surface area contributed by atoms with E-state index in [1.807, 2.05) is 0 Å². The number of morpholine rings is 1. The number of hydrogen-bond acceptors (Lipinski definition) is 3. The summed E-state index contributed by atoms with van der Waals surface area (Å²) in [5.41, 5.74) is 0. The van der Waals surface area contributed by atoms with Crippen LogP contribution in [0.1, 0.15) is 51.9 Å². The van der Waals surface area contributed by atoms with Crippen LogP contribution in [0.2, 0.25) is 0 Å². The van der Waals surface area contributed by atoms with E-state index in [4.69, 9.17) is 4.74 Å². The second-order valence-corrected chi connectivity index (χ2v) is 4.63. The highest BCUT2D eigenvalue weighted by Crippen LogP contribution is 2.08. The SMILES string of the molecule is CCCCCCCC(=O)CC1COCCN1. The summed E-state index contributed by atoms with van der Waals surface area (Å²) in [6.07, 6.45) is 7.49. The Morgan fingerprint density at radius 3 is 2.81 bits per heavy atom. The van der Waals surface area contributed by atoms with E-state index in [-0.39, 0.29) is 6.04 Å². The first-order valence-corrected chi connectivity index (χ1v) is 6.65. The van der Waals surface area contributed by atoms with Crippen LogP contribution >= 0.6 is 0 Å². The van der Waals surface area contributed by atoms with Gasteiger partial charge in [0, 0.05) is 25.4 Å². The number of ether oxygens (including phenoxy) is 1. The quantitative estimate of drug-likeness (QED) is 0.647. The highest BCUT2D eigenvalue weighted by molar-refractivity contribution is 5.78. The molecule has 0 bridgehead atoms. The van der Waals surface area contributed by atoms with Crippen LogP contribution < -0.4 is 5.32 Å². The zero-order chi connectivity index (χ0) is 11.6. The van der Waals surface area contributed by atoms with Gasteiger partial charge in [-0.2, -0.15) is 0 Å². The number of rotatable bonds is 8. The lowest BCUT2D eigenvalue weighted by atomic mass is 10.0. The van der Waals surface area contributed by atoms with Gasteiger partial charge >= 0.3 is 0 Å². The van der Waals surface area contributed by atoms with Crippen LogP contribution in [0.25, 0.3) is 0 Å². The molecule has 1 fully saturated rings. The average molecular weight is 227 g/mol. The second kappa shape index (κ2) is 8.71. The Hall–Kier alpha value is -0.410. The number of carbonyl (C=O) groups is 1. The number of ketones is 1. The Morgan fingerprint density at radius 2 is 2.12 bits per heavy atom. The van der Waals surface area contributed by atoms with Gasteiger partial charge in [-0.25, -0.2) is 0 Å². The van der Waals surface area contributed by atoms with Gasteiger partial charge in [-0.15, -0.1) is 0 Å². The van der Waals surface area contributed by atoms with Gasteiger partial charge in [0.05, 0.1) is 13.2 Å². The molecule has 1 rings (SSSR count). The predicted octanol–water partition coefficient (Wildman–Crippen LogP) is 2.29. The molecular formula is C13H25NO2. The molecule has 3 nitrogen and oxygen atoms in total. The standard InChI is InChI=1S/C13H25NO2/c1-2-3-4-5-6-7-13(15)10-12-11-16-9-8-14-12/h12,14H,2-11H2,1H3. The summed E-state index contributed by atoms with van der Waals surface area (Å²) in [5, 5.41) is 3.31. The molecule has 1 heterocycles. The second-order valence-electron chi connectivity index (χ2n) is 4.63. The van der Waals surface area contributed by atoms with E-state index < -0.39 is 0 Å². The number of nitrogens with one attached hydrogen (secondary N) is 1. The minimum absolute atomic E-state index is 0.261. The van der Waals surface area contributed by atoms with E-state index in [0.717, 1.165) is 26.0 Å². The maximum absolute atomic E-state index is 11.6. The smallest absolute Gasteiger partial charge is 0.134 e. The molecule has 1 aliphatic rings. The molecule has 0 aliphatic carbocycles. The summed E-state index contributed by atoms with van der Waals surface area (Å²) in [6.45, 7) is 4.57. The molecule has 0 amide bonds. The third-order valence-electron chi connectivity index (χ3n) is 3.03.